The van der Waals surface area contributed by atoms with Gasteiger partial charge in [-0.1, -0.05) is 48.5 Å². The molecule has 6 nitrogen and oxygen atoms in total. The summed E-state index contributed by atoms with van der Waals surface area (Å²) in [5.74, 6) is -1.99. The molecule has 0 saturated carbocycles. The molecule has 3 aromatic rings. The van der Waals surface area contributed by atoms with Gasteiger partial charge in [-0.2, -0.15) is 0 Å². The third kappa shape index (κ3) is 3.99. The largest absolute Gasteiger partial charge is 0.480 e. The topological polar surface area (TPSA) is 79.7 Å². The number of halogens is 1. The molecule has 0 unspecified atom stereocenters. The molecular formula is C24H21FN2O4. The van der Waals surface area contributed by atoms with E-state index < -0.39 is 23.9 Å². The number of pyridine rings is 1. The molecule has 0 radical (unpaired) electrons. The number of aliphatic carboxylic acids is 1. The lowest BCUT2D eigenvalue weighted by molar-refractivity contribution is -0.142. The molecule has 0 bridgehead atoms. The molecule has 0 fully saturated rings. The first kappa shape index (κ1) is 20.5. The number of rotatable bonds is 6. The molecule has 1 atom stereocenters. The van der Waals surface area contributed by atoms with Crippen LogP contribution in [0.3, 0.4) is 0 Å². The number of hydrogen-bond acceptors (Lipinski definition) is 4. The monoisotopic (exact) mass is 420 g/mol. The predicted octanol–water partition coefficient (Wildman–Crippen LogP) is 4.10. The highest BCUT2D eigenvalue weighted by molar-refractivity contribution is 5.81. The average Bonchev–Trinajstić information content (AvgIpc) is 3.10. The summed E-state index contributed by atoms with van der Waals surface area (Å²) in [7, 11) is 1.34. The number of carbonyl (C=O) groups excluding carboxylic acids is 1. The number of carbonyl (C=O) groups is 2. The number of carboxylic acid groups (broad SMARTS) is 1. The molecule has 1 amide bonds. The van der Waals surface area contributed by atoms with Gasteiger partial charge in [-0.05, 0) is 33.9 Å². The fraction of sp³-hybridized carbons (Fsp3) is 0.208. The third-order valence-corrected chi connectivity index (χ3v) is 5.65. The van der Waals surface area contributed by atoms with E-state index in [-0.39, 0.29) is 24.5 Å². The maximum Gasteiger partial charge on any atom is 0.410 e. The Balaban J connectivity index is 1.49. The van der Waals surface area contributed by atoms with Gasteiger partial charge in [0.2, 0.25) is 0 Å². The number of likely N-dealkylation sites (N-methyl/N-ethyl adjacent to an activating group) is 1. The number of benzene rings is 2. The number of amides is 1. The first-order chi connectivity index (χ1) is 15.0. The summed E-state index contributed by atoms with van der Waals surface area (Å²) in [5.41, 5.74) is 4.49. The van der Waals surface area contributed by atoms with Gasteiger partial charge in [0, 0.05) is 25.6 Å². The van der Waals surface area contributed by atoms with Gasteiger partial charge in [0.15, 0.2) is 0 Å². The molecule has 7 heteroatoms. The second-order valence-corrected chi connectivity index (χ2v) is 7.44. The van der Waals surface area contributed by atoms with Crippen LogP contribution in [-0.2, 0) is 16.0 Å². The van der Waals surface area contributed by atoms with E-state index in [9.17, 15) is 19.1 Å². The van der Waals surface area contributed by atoms with Crippen molar-refractivity contribution >= 4 is 12.1 Å². The zero-order valence-corrected chi connectivity index (χ0v) is 16.9. The first-order valence-corrected chi connectivity index (χ1v) is 9.86. The van der Waals surface area contributed by atoms with Gasteiger partial charge in [0.05, 0.1) is 6.20 Å². The summed E-state index contributed by atoms with van der Waals surface area (Å²) >= 11 is 0. The van der Waals surface area contributed by atoms with Crippen molar-refractivity contribution in [2.75, 3.05) is 13.7 Å². The van der Waals surface area contributed by atoms with Crippen LogP contribution in [-0.4, -0.2) is 46.7 Å². The Morgan fingerprint density at radius 3 is 2.29 bits per heavy atom. The highest BCUT2D eigenvalue weighted by atomic mass is 19.1. The highest BCUT2D eigenvalue weighted by Gasteiger charge is 2.32. The molecule has 2 aromatic carbocycles. The lowest BCUT2D eigenvalue weighted by Crippen LogP contribution is -2.44. The second-order valence-electron chi connectivity index (χ2n) is 7.44. The number of nitrogens with zero attached hydrogens (tertiary/aromatic N) is 2. The van der Waals surface area contributed by atoms with Crippen LogP contribution in [0.4, 0.5) is 9.18 Å². The highest BCUT2D eigenvalue weighted by Crippen LogP contribution is 2.44. The number of ether oxygens (including phenoxy) is 1. The molecule has 0 saturated heterocycles. The van der Waals surface area contributed by atoms with Gasteiger partial charge in [-0.3, -0.25) is 9.88 Å². The van der Waals surface area contributed by atoms with Gasteiger partial charge >= 0.3 is 12.1 Å². The lowest BCUT2D eigenvalue weighted by atomic mass is 9.98. The zero-order valence-electron chi connectivity index (χ0n) is 16.9. The molecule has 4 rings (SSSR count). The Labute approximate surface area is 178 Å². The van der Waals surface area contributed by atoms with Crippen LogP contribution in [0.1, 0.15) is 22.6 Å². The Kier molecular flexibility index (Phi) is 5.66. The van der Waals surface area contributed by atoms with E-state index >= 15 is 0 Å². The minimum Gasteiger partial charge on any atom is -0.480 e. The van der Waals surface area contributed by atoms with Gasteiger partial charge < -0.3 is 9.84 Å². The van der Waals surface area contributed by atoms with Gasteiger partial charge in [-0.25, -0.2) is 14.0 Å². The number of aromatic nitrogens is 1. The first-order valence-electron chi connectivity index (χ1n) is 9.86. The SMILES string of the molecule is CN(C(=O)OCC1c2ccccc2-c2ccccc21)[C@@H](Cc1ccncc1F)C(=O)O. The Morgan fingerprint density at radius 2 is 1.71 bits per heavy atom. The van der Waals surface area contributed by atoms with E-state index in [1.807, 2.05) is 48.5 Å². The van der Waals surface area contributed by atoms with Crippen molar-refractivity contribution in [3.05, 3.63) is 89.5 Å². The summed E-state index contributed by atoms with van der Waals surface area (Å²) < 4.78 is 19.4. The molecule has 1 aliphatic rings. The molecular weight excluding hydrogens is 399 g/mol. The zero-order chi connectivity index (χ0) is 22.0. The van der Waals surface area contributed by atoms with Crippen molar-refractivity contribution in [1.29, 1.82) is 0 Å². The van der Waals surface area contributed by atoms with Gasteiger partial charge in [0.1, 0.15) is 18.5 Å². The van der Waals surface area contributed by atoms with E-state index in [1.165, 1.54) is 19.3 Å². The van der Waals surface area contributed by atoms with Crippen molar-refractivity contribution in [3.63, 3.8) is 0 Å². The molecule has 1 heterocycles. The second kappa shape index (κ2) is 8.55. The minimum atomic E-state index is -1.27. The molecule has 31 heavy (non-hydrogen) atoms. The van der Waals surface area contributed by atoms with E-state index in [1.54, 1.807) is 0 Å². The summed E-state index contributed by atoms with van der Waals surface area (Å²) in [5, 5.41) is 9.60. The summed E-state index contributed by atoms with van der Waals surface area (Å²) in [4.78, 5) is 29.1. The van der Waals surface area contributed by atoms with Crippen molar-refractivity contribution in [3.8, 4) is 11.1 Å². The Hall–Kier alpha value is -3.74. The number of hydrogen-bond donors (Lipinski definition) is 1. The van der Waals surface area contributed by atoms with E-state index in [0.29, 0.717) is 0 Å². The molecule has 1 aliphatic carbocycles. The maximum absolute atomic E-state index is 13.9. The average molecular weight is 420 g/mol. The van der Waals surface area contributed by atoms with Crippen LogP contribution in [0.5, 0.6) is 0 Å². The molecule has 0 spiro atoms. The summed E-state index contributed by atoms with van der Waals surface area (Å²) in [6.45, 7) is 0.0765. The summed E-state index contributed by atoms with van der Waals surface area (Å²) in [6, 6.07) is 16.0. The van der Waals surface area contributed by atoms with Crippen molar-refractivity contribution < 1.29 is 23.8 Å². The predicted molar refractivity (Wildman–Crippen MR) is 112 cm³/mol. The minimum absolute atomic E-state index is 0.0765. The maximum atomic E-state index is 13.9. The number of fused-ring (bicyclic) bond motifs is 3. The molecule has 1 N–H and O–H groups in total. The molecule has 1 aromatic heterocycles. The Bertz CT molecular complexity index is 1090. The molecule has 0 aliphatic heterocycles. The molecule has 158 valence electrons. The van der Waals surface area contributed by atoms with E-state index in [2.05, 4.69) is 4.98 Å². The fourth-order valence-corrected chi connectivity index (χ4v) is 3.99. The number of carboxylic acids is 1. The van der Waals surface area contributed by atoms with Crippen molar-refractivity contribution in [2.45, 2.75) is 18.4 Å². The van der Waals surface area contributed by atoms with Crippen LogP contribution >= 0.6 is 0 Å². The van der Waals surface area contributed by atoms with E-state index in [0.717, 1.165) is 33.4 Å². The lowest BCUT2D eigenvalue weighted by Gasteiger charge is -2.25. The van der Waals surface area contributed by atoms with Crippen LogP contribution < -0.4 is 0 Å². The smallest absolute Gasteiger partial charge is 0.410 e. The third-order valence-electron chi connectivity index (χ3n) is 5.65. The summed E-state index contributed by atoms with van der Waals surface area (Å²) in [6.07, 6.45) is 1.43. The Morgan fingerprint density at radius 1 is 1.10 bits per heavy atom. The van der Waals surface area contributed by atoms with Crippen molar-refractivity contribution in [1.82, 2.24) is 9.88 Å². The van der Waals surface area contributed by atoms with Crippen LogP contribution in [0, 0.1) is 5.82 Å². The van der Waals surface area contributed by atoms with Crippen molar-refractivity contribution in [2.24, 2.45) is 0 Å². The fourth-order valence-electron chi connectivity index (χ4n) is 3.99. The van der Waals surface area contributed by atoms with Crippen LogP contribution in [0.2, 0.25) is 0 Å². The van der Waals surface area contributed by atoms with Gasteiger partial charge in [-0.15, -0.1) is 0 Å². The quantitative estimate of drug-likeness (QED) is 0.650. The normalized spacial score (nSPS) is 13.2. The van der Waals surface area contributed by atoms with Crippen LogP contribution in [0.25, 0.3) is 11.1 Å². The van der Waals surface area contributed by atoms with E-state index in [4.69, 9.17) is 4.74 Å². The standard InChI is InChI=1S/C24H21FN2O4/c1-27(22(23(28)29)12-15-10-11-26-13-21(15)25)24(30)31-14-20-18-8-4-2-6-16(18)17-7-3-5-9-19(17)20/h2-11,13,20,22H,12,14H2,1H3,(H,28,29)/t22-/m0/s1. The van der Waals surface area contributed by atoms with Crippen LogP contribution in [0.15, 0.2) is 67.0 Å². The van der Waals surface area contributed by atoms with Gasteiger partial charge in [0.25, 0.3) is 0 Å².